The van der Waals surface area contributed by atoms with E-state index in [1.165, 1.54) is 25.1 Å². The summed E-state index contributed by atoms with van der Waals surface area (Å²) in [6, 6.07) is 11.7. The van der Waals surface area contributed by atoms with E-state index < -0.39 is 35.1 Å². The minimum atomic E-state index is -3.53. The van der Waals surface area contributed by atoms with Gasteiger partial charge in [0.2, 0.25) is 0 Å². The van der Waals surface area contributed by atoms with E-state index in [0.29, 0.717) is 23.7 Å². The van der Waals surface area contributed by atoms with Crippen LogP contribution in [0.2, 0.25) is 10.0 Å². The molecule has 0 spiro atoms. The number of amides is 1. The molecule has 0 bridgehead atoms. The fourth-order valence-corrected chi connectivity index (χ4v) is 5.66. The first kappa shape index (κ1) is 26.7. The Morgan fingerprint density at radius 2 is 1.82 bits per heavy atom. The van der Waals surface area contributed by atoms with Crippen LogP contribution < -0.4 is 4.90 Å². The van der Waals surface area contributed by atoms with Gasteiger partial charge >= 0.3 is 5.92 Å². The molecule has 0 aromatic heterocycles. The van der Waals surface area contributed by atoms with Crippen LogP contribution >= 0.6 is 23.2 Å². The highest BCUT2D eigenvalue weighted by Gasteiger charge is 2.40. The molecule has 1 heterocycles. The van der Waals surface area contributed by atoms with Gasteiger partial charge in [0, 0.05) is 47.9 Å². The summed E-state index contributed by atoms with van der Waals surface area (Å²) < 4.78 is 39.6. The fraction of sp³-hybridized carbons (Fsp3) is 0.417. The van der Waals surface area contributed by atoms with Crippen molar-refractivity contribution in [1.82, 2.24) is 4.90 Å². The van der Waals surface area contributed by atoms with Crippen LogP contribution in [0.3, 0.4) is 0 Å². The van der Waals surface area contributed by atoms with Crippen LogP contribution in [0.25, 0.3) is 0 Å². The summed E-state index contributed by atoms with van der Waals surface area (Å²) in [4.78, 5) is 29.0. The smallest absolute Gasteiger partial charge is 0.309 e. The number of piperazine rings is 1. The number of benzene rings is 2. The van der Waals surface area contributed by atoms with E-state index in [0.717, 1.165) is 5.69 Å². The number of nitrogens with zero attached hydrogens (tertiary/aromatic N) is 2. The van der Waals surface area contributed by atoms with Gasteiger partial charge in [-0.2, -0.15) is 8.78 Å². The Labute approximate surface area is 211 Å². The van der Waals surface area contributed by atoms with E-state index >= 15 is 0 Å². The van der Waals surface area contributed by atoms with Gasteiger partial charge in [-0.15, -0.1) is 0 Å². The van der Waals surface area contributed by atoms with E-state index in [-0.39, 0.29) is 27.9 Å². The van der Waals surface area contributed by atoms with Gasteiger partial charge in [-0.3, -0.25) is 9.59 Å². The third kappa shape index (κ3) is 5.67. The van der Waals surface area contributed by atoms with Gasteiger partial charge in [0.15, 0.2) is 10.6 Å². The van der Waals surface area contributed by atoms with E-state index in [2.05, 4.69) is 4.90 Å². The van der Waals surface area contributed by atoms with Gasteiger partial charge in [0.25, 0.3) is 11.7 Å². The van der Waals surface area contributed by atoms with Gasteiger partial charge < -0.3 is 14.4 Å². The molecule has 1 amide bonds. The van der Waals surface area contributed by atoms with Crippen LogP contribution in [0.5, 0.6) is 0 Å². The first-order valence-electron chi connectivity index (χ1n) is 10.9. The van der Waals surface area contributed by atoms with Crippen molar-refractivity contribution < 1.29 is 22.9 Å². The third-order valence-electron chi connectivity index (χ3n) is 6.20. The van der Waals surface area contributed by atoms with Crippen molar-refractivity contribution >= 4 is 51.8 Å². The monoisotopic (exact) mass is 530 g/mol. The molecule has 184 valence electrons. The summed E-state index contributed by atoms with van der Waals surface area (Å²) in [5, 5.41) is 0.637. The second-order valence-electron chi connectivity index (χ2n) is 8.27. The molecule has 34 heavy (non-hydrogen) atoms. The van der Waals surface area contributed by atoms with Crippen molar-refractivity contribution in [2.75, 3.05) is 23.7 Å². The summed E-state index contributed by atoms with van der Waals surface area (Å²) in [6.45, 7) is 6.27. The second-order valence-corrected chi connectivity index (χ2v) is 10.5. The Morgan fingerprint density at radius 3 is 2.44 bits per heavy atom. The van der Waals surface area contributed by atoms with Crippen molar-refractivity contribution in [2.24, 2.45) is 0 Å². The first-order chi connectivity index (χ1) is 16.0. The lowest BCUT2D eigenvalue weighted by Gasteiger charge is -2.46. The van der Waals surface area contributed by atoms with Crippen LogP contribution in [-0.2, 0) is 16.0 Å². The number of alkyl halides is 2. The Morgan fingerprint density at radius 1 is 1.12 bits per heavy atom. The maximum Gasteiger partial charge on any atom is 0.309 e. The van der Waals surface area contributed by atoms with Crippen molar-refractivity contribution in [3.05, 3.63) is 58.1 Å². The largest absolute Gasteiger partial charge is 0.611 e. The number of carbonyl (C=O) groups is 2. The summed E-state index contributed by atoms with van der Waals surface area (Å²) in [7, 11) is 0. The van der Waals surface area contributed by atoms with Crippen LogP contribution in [-0.4, -0.2) is 58.0 Å². The van der Waals surface area contributed by atoms with Crippen molar-refractivity contribution in [2.45, 2.75) is 50.1 Å². The van der Waals surface area contributed by atoms with E-state index in [9.17, 15) is 22.9 Å². The summed E-state index contributed by atoms with van der Waals surface area (Å²) >= 11 is 10.3. The number of halogens is 4. The number of hydrogen-bond acceptors (Lipinski definition) is 4. The molecule has 1 fully saturated rings. The minimum Gasteiger partial charge on any atom is -0.611 e. The van der Waals surface area contributed by atoms with Gasteiger partial charge in [-0.05, 0) is 61.4 Å². The Hall–Kier alpha value is -1.87. The SMILES string of the molecule is CCC(F)(F)C(=O)C[S+]([O-])c1ccc(C(=O)N2CCN(c3cccc(Cl)c3)[C@@H](C)[C@@H]2C)cc1Cl. The van der Waals surface area contributed by atoms with Crippen LogP contribution in [0.1, 0.15) is 37.6 Å². The predicted molar refractivity (Wildman–Crippen MR) is 132 cm³/mol. The molecule has 5 nitrogen and oxygen atoms in total. The van der Waals surface area contributed by atoms with E-state index in [4.69, 9.17) is 23.2 Å². The summed E-state index contributed by atoms with van der Waals surface area (Å²) in [5.41, 5.74) is 1.28. The average molecular weight is 531 g/mol. The number of hydrogen-bond donors (Lipinski definition) is 0. The standard InChI is InChI=1S/C24H26Cl2F2N2O3S/c1-4-24(27,28)22(31)14-34(33)21-9-8-17(12-20(21)26)23(32)30-11-10-29(15(2)16(30)3)19-7-5-6-18(25)13-19/h5-9,12-13,15-16H,4,10-11,14H2,1-3H3/t15-,16-,34?/m0/s1. The Bertz CT molecular complexity index is 1070. The minimum absolute atomic E-state index is 0.00457. The zero-order valence-corrected chi connectivity index (χ0v) is 21.4. The lowest BCUT2D eigenvalue weighted by Crippen LogP contribution is -2.59. The molecule has 0 radical (unpaired) electrons. The normalized spacial score (nSPS) is 19.8. The van der Waals surface area contributed by atoms with Crippen LogP contribution in [0, 0.1) is 0 Å². The molecule has 2 aromatic rings. The Kier molecular flexibility index (Phi) is 8.50. The highest BCUT2D eigenvalue weighted by atomic mass is 35.5. The fourth-order valence-electron chi connectivity index (χ4n) is 3.93. The number of rotatable bonds is 7. The molecule has 3 atom stereocenters. The van der Waals surface area contributed by atoms with Crippen molar-refractivity contribution in [3.8, 4) is 0 Å². The zero-order valence-electron chi connectivity index (χ0n) is 19.1. The third-order valence-corrected chi connectivity index (χ3v) is 8.23. The van der Waals surface area contributed by atoms with Gasteiger partial charge in [-0.1, -0.05) is 36.2 Å². The molecule has 1 unspecified atom stereocenters. The topological polar surface area (TPSA) is 63.7 Å². The predicted octanol–water partition coefficient (Wildman–Crippen LogP) is 5.45. The maximum atomic E-state index is 13.5. The molecule has 1 aliphatic heterocycles. The second kappa shape index (κ2) is 10.8. The molecule has 3 rings (SSSR count). The number of Topliss-reactive ketones (excluding diaryl/α,β-unsaturated/α-hetero) is 1. The quantitative estimate of drug-likeness (QED) is 0.446. The number of anilines is 1. The first-order valence-corrected chi connectivity index (χ1v) is 13.0. The van der Waals surface area contributed by atoms with E-state index in [1.807, 2.05) is 38.1 Å². The maximum absolute atomic E-state index is 13.5. The molecule has 0 aliphatic carbocycles. The molecular formula is C24H26Cl2F2N2O3S. The number of ketones is 1. The van der Waals surface area contributed by atoms with Crippen molar-refractivity contribution in [1.29, 1.82) is 0 Å². The molecule has 0 N–H and O–H groups in total. The molecule has 2 aromatic carbocycles. The Balaban J connectivity index is 1.73. The van der Waals surface area contributed by atoms with E-state index in [1.54, 1.807) is 4.90 Å². The highest BCUT2D eigenvalue weighted by molar-refractivity contribution is 7.92. The molecule has 1 saturated heterocycles. The van der Waals surface area contributed by atoms with Gasteiger partial charge in [-0.25, -0.2) is 0 Å². The molecular weight excluding hydrogens is 505 g/mol. The zero-order chi connectivity index (χ0) is 25.2. The summed E-state index contributed by atoms with van der Waals surface area (Å²) in [6.07, 6.45) is -0.661. The van der Waals surface area contributed by atoms with Crippen LogP contribution in [0.4, 0.5) is 14.5 Å². The average Bonchev–Trinajstić information content (AvgIpc) is 2.80. The highest BCUT2D eigenvalue weighted by Crippen LogP contribution is 2.30. The molecule has 1 aliphatic rings. The van der Waals surface area contributed by atoms with Crippen molar-refractivity contribution in [3.63, 3.8) is 0 Å². The summed E-state index contributed by atoms with van der Waals surface area (Å²) in [5.74, 6) is -6.01. The molecule has 10 heteroatoms. The lowest BCUT2D eigenvalue weighted by molar-refractivity contribution is -0.140. The molecule has 0 saturated carbocycles. The van der Waals surface area contributed by atoms with Crippen LogP contribution in [0.15, 0.2) is 47.4 Å². The van der Waals surface area contributed by atoms with Gasteiger partial charge in [0.1, 0.15) is 0 Å². The lowest BCUT2D eigenvalue weighted by atomic mass is 10.0. The van der Waals surface area contributed by atoms with Gasteiger partial charge in [0.05, 0.1) is 5.02 Å². The number of carbonyl (C=O) groups excluding carboxylic acids is 2.